The average Bonchev–Trinajstić information content (AvgIpc) is 3.33. The summed E-state index contributed by atoms with van der Waals surface area (Å²) in [6.45, 7) is 1.74. The minimum atomic E-state index is -1.50. The van der Waals surface area contributed by atoms with E-state index < -0.39 is 52.9 Å². The van der Waals surface area contributed by atoms with Crippen LogP contribution in [0.3, 0.4) is 0 Å². The molecule has 1 saturated heterocycles. The second-order valence-electron chi connectivity index (χ2n) is 7.73. The highest BCUT2D eigenvalue weighted by Crippen LogP contribution is 2.44. The summed E-state index contributed by atoms with van der Waals surface area (Å²) < 4.78 is 0. The number of aliphatic hydroxyl groups excluding tert-OH is 1. The lowest BCUT2D eigenvalue weighted by molar-refractivity contribution is -0.151. The Bertz CT molecular complexity index is 1200. The Morgan fingerprint density at radius 1 is 1.31 bits per heavy atom. The van der Waals surface area contributed by atoms with E-state index in [1.165, 1.54) is 11.8 Å². The topological polar surface area (TPSA) is 199 Å². The zero-order valence-electron chi connectivity index (χ0n) is 18.1. The monoisotopic (exact) mass is 520 g/mol. The van der Waals surface area contributed by atoms with Crippen LogP contribution in [0.15, 0.2) is 40.7 Å². The summed E-state index contributed by atoms with van der Waals surface area (Å²) in [6, 6.07) is 5.75. The van der Waals surface area contributed by atoms with E-state index in [4.69, 9.17) is 0 Å². The van der Waals surface area contributed by atoms with Crippen LogP contribution in [0.1, 0.15) is 23.7 Å². The number of tetrazole rings is 1. The van der Waals surface area contributed by atoms with E-state index in [0.717, 1.165) is 16.7 Å². The second kappa shape index (κ2) is 10.1. The largest absolute Gasteiger partial charge is 0.481 e. The molecule has 1 aromatic heterocycles. The first-order chi connectivity index (χ1) is 16.7. The van der Waals surface area contributed by atoms with Crippen LogP contribution < -0.4 is 5.32 Å². The Morgan fingerprint density at radius 3 is 2.69 bits per heavy atom. The number of nitrogens with one attached hydrogen (secondary N) is 2. The van der Waals surface area contributed by atoms with Crippen LogP contribution in [0.5, 0.6) is 0 Å². The zero-order valence-corrected chi connectivity index (χ0v) is 19.7. The molecule has 0 spiro atoms. The van der Waals surface area contributed by atoms with E-state index in [9.17, 15) is 34.5 Å². The maximum atomic E-state index is 12.9. The number of benzene rings is 1. The summed E-state index contributed by atoms with van der Waals surface area (Å²) in [5.41, 5.74) is 1.00. The normalized spacial score (nSPS) is 21.1. The van der Waals surface area contributed by atoms with Gasteiger partial charge in [0.1, 0.15) is 17.1 Å². The van der Waals surface area contributed by atoms with Crippen molar-refractivity contribution < 1.29 is 34.5 Å². The predicted molar refractivity (Wildman–Crippen MR) is 122 cm³/mol. The highest BCUT2D eigenvalue weighted by molar-refractivity contribution is 8.01. The van der Waals surface area contributed by atoms with Crippen molar-refractivity contribution in [2.75, 3.05) is 5.75 Å². The number of β-lactam (4-membered cyclic amide) rings is 1. The van der Waals surface area contributed by atoms with E-state index in [-0.39, 0.29) is 22.2 Å². The van der Waals surface area contributed by atoms with Gasteiger partial charge in [0, 0.05) is 11.0 Å². The number of carbonyl (C=O) groups is 4. The molecule has 0 radical (unpaired) electrons. The van der Waals surface area contributed by atoms with Crippen molar-refractivity contribution in [3.8, 4) is 0 Å². The average molecular weight is 521 g/mol. The van der Waals surface area contributed by atoms with Gasteiger partial charge in [0.05, 0.1) is 6.42 Å². The van der Waals surface area contributed by atoms with Gasteiger partial charge in [-0.15, -0.1) is 22.0 Å². The summed E-state index contributed by atoms with van der Waals surface area (Å²) in [5, 5.41) is 44.0. The second-order valence-corrected chi connectivity index (χ2v) is 10.0. The number of hydrogen-bond acceptors (Lipinski definition) is 10. The minimum absolute atomic E-state index is 0.103. The first-order valence-electron chi connectivity index (χ1n) is 10.3. The van der Waals surface area contributed by atoms with Gasteiger partial charge in [0.2, 0.25) is 5.16 Å². The molecule has 2 aliphatic heterocycles. The Balaban J connectivity index is 1.55. The van der Waals surface area contributed by atoms with Gasteiger partial charge in [-0.05, 0) is 28.8 Å². The number of rotatable bonds is 9. The van der Waals surface area contributed by atoms with Crippen LogP contribution in [-0.4, -0.2) is 87.0 Å². The van der Waals surface area contributed by atoms with E-state index in [2.05, 4.69) is 25.9 Å². The summed E-state index contributed by atoms with van der Waals surface area (Å²) >= 11 is 2.11. The van der Waals surface area contributed by atoms with Crippen molar-refractivity contribution in [2.45, 2.75) is 41.3 Å². The molecule has 0 aliphatic carbocycles. The number of carboxylic acids is 2. The quantitative estimate of drug-likeness (QED) is 0.218. The smallest absolute Gasteiger partial charge is 0.352 e. The third-order valence-corrected chi connectivity index (χ3v) is 7.97. The molecular weight excluding hydrogens is 500 g/mol. The van der Waals surface area contributed by atoms with Gasteiger partial charge in [-0.25, -0.2) is 4.79 Å². The SMILES string of the molecule is Cc1ccccc1C(O)C(=O)NC1C(=O)N2C(C(=O)O)=C(C(CC(=O)O)Sc3nn[nH]n3)CS[C@@H]12. The summed E-state index contributed by atoms with van der Waals surface area (Å²) in [7, 11) is 0. The standard InChI is InChI=1S/C20H20N6O7S2/c1-8-4-2-3-5-9(8)15(29)16(30)21-13-17(31)26-14(19(32)33)10(7-34-18(13)26)11(6-12(27)28)35-20-22-24-25-23-20/h2-5,11,13,15,18,29H,6-7H2,1H3,(H,21,30)(H,27,28)(H,32,33)(H,22,23,24,25)/t11?,13?,15?,18-/m0/s1. The van der Waals surface area contributed by atoms with Gasteiger partial charge in [0.25, 0.3) is 11.8 Å². The fraction of sp³-hybridized carbons (Fsp3) is 0.350. The number of aryl methyl sites for hydroxylation is 1. The zero-order chi connectivity index (χ0) is 25.3. The molecule has 3 unspecified atom stereocenters. The molecular formula is C20H20N6O7S2. The number of nitrogens with zero attached hydrogens (tertiary/aromatic N) is 4. The molecule has 13 nitrogen and oxygen atoms in total. The van der Waals surface area contributed by atoms with Crippen LogP contribution in [0.25, 0.3) is 0 Å². The molecule has 3 heterocycles. The lowest BCUT2D eigenvalue weighted by Gasteiger charge is -2.50. The van der Waals surface area contributed by atoms with Crippen molar-refractivity contribution in [3.63, 3.8) is 0 Å². The molecule has 2 aromatic rings. The lowest BCUT2D eigenvalue weighted by Crippen LogP contribution is -2.71. The predicted octanol–water partition coefficient (Wildman–Crippen LogP) is -0.0843. The van der Waals surface area contributed by atoms with Crippen LogP contribution in [0.4, 0.5) is 0 Å². The van der Waals surface area contributed by atoms with Crippen molar-refractivity contribution in [3.05, 3.63) is 46.7 Å². The molecule has 184 valence electrons. The molecule has 1 aromatic carbocycles. The van der Waals surface area contributed by atoms with Gasteiger partial charge < -0.3 is 20.6 Å². The molecule has 35 heavy (non-hydrogen) atoms. The molecule has 0 saturated carbocycles. The highest BCUT2D eigenvalue weighted by atomic mass is 32.2. The Kier molecular flexibility index (Phi) is 7.09. The van der Waals surface area contributed by atoms with Crippen LogP contribution in [0, 0.1) is 6.92 Å². The Labute approximate surface area is 206 Å². The van der Waals surface area contributed by atoms with Crippen LogP contribution in [0.2, 0.25) is 0 Å². The fourth-order valence-electron chi connectivity index (χ4n) is 3.88. The van der Waals surface area contributed by atoms with Crippen molar-refractivity contribution in [2.24, 2.45) is 0 Å². The number of thioether (sulfide) groups is 2. The molecule has 5 N–H and O–H groups in total. The number of aliphatic carboxylic acids is 2. The van der Waals surface area contributed by atoms with Gasteiger partial charge in [-0.3, -0.25) is 19.3 Å². The molecule has 2 aliphatic rings. The first kappa shape index (κ1) is 24.7. The van der Waals surface area contributed by atoms with Crippen LogP contribution in [-0.2, 0) is 19.2 Å². The third-order valence-electron chi connectivity index (χ3n) is 5.55. The molecule has 4 rings (SSSR count). The van der Waals surface area contributed by atoms with Gasteiger partial charge in [0.15, 0.2) is 6.10 Å². The Hall–Kier alpha value is -3.43. The minimum Gasteiger partial charge on any atom is -0.481 e. The number of amides is 2. The number of aliphatic hydroxyl groups is 1. The van der Waals surface area contributed by atoms with Crippen molar-refractivity contribution in [1.29, 1.82) is 0 Å². The van der Waals surface area contributed by atoms with E-state index in [0.29, 0.717) is 11.1 Å². The van der Waals surface area contributed by atoms with Gasteiger partial charge in [-0.1, -0.05) is 36.0 Å². The number of carboxylic acid groups (broad SMARTS) is 2. The number of carbonyl (C=O) groups excluding carboxylic acids is 2. The first-order valence-corrected chi connectivity index (χ1v) is 12.2. The molecule has 2 amide bonds. The number of H-pyrrole nitrogens is 1. The summed E-state index contributed by atoms with van der Waals surface area (Å²) in [6.07, 6.45) is -1.93. The van der Waals surface area contributed by atoms with Crippen molar-refractivity contribution >= 4 is 47.3 Å². The third kappa shape index (κ3) is 4.87. The van der Waals surface area contributed by atoms with Gasteiger partial charge >= 0.3 is 11.9 Å². The maximum absolute atomic E-state index is 12.9. The van der Waals surface area contributed by atoms with E-state index >= 15 is 0 Å². The number of aromatic nitrogens is 4. The van der Waals surface area contributed by atoms with Gasteiger partial charge in [-0.2, -0.15) is 5.21 Å². The van der Waals surface area contributed by atoms with Crippen LogP contribution >= 0.6 is 23.5 Å². The number of aromatic amines is 1. The molecule has 15 heteroatoms. The lowest BCUT2D eigenvalue weighted by atomic mass is 9.99. The molecule has 0 bridgehead atoms. The number of fused-ring (bicyclic) bond motifs is 1. The Morgan fingerprint density at radius 2 is 2.06 bits per heavy atom. The fourth-order valence-corrected chi connectivity index (χ4v) is 6.41. The maximum Gasteiger partial charge on any atom is 0.352 e. The van der Waals surface area contributed by atoms with E-state index in [1.54, 1.807) is 31.2 Å². The van der Waals surface area contributed by atoms with E-state index in [1.807, 2.05) is 0 Å². The van der Waals surface area contributed by atoms with Crippen molar-refractivity contribution in [1.82, 2.24) is 30.8 Å². The summed E-state index contributed by atoms with van der Waals surface area (Å²) in [4.78, 5) is 50.2. The summed E-state index contributed by atoms with van der Waals surface area (Å²) in [5.74, 6) is -3.90. The highest BCUT2D eigenvalue weighted by Gasteiger charge is 2.55. The number of hydrogen-bond donors (Lipinski definition) is 5. The molecule has 4 atom stereocenters. The molecule has 1 fully saturated rings.